The summed E-state index contributed by atoms with van der Waals surface area (Å²) in [5.41, 5.74) is 0.620. The van der Waals surface area contributed by atoms with Crippen LogP contribution in [-0.4, -0.2) is 66.0 Å². The molecule has 4 rings (SSSR count). The number of benzene rings is 1. The van der Waals surface area contributed by atoms with Crippen molar-refractivity contribution in [2.75, 3.05) is 44.2 Å². The molecule has 1 atom stereocenters. The number of carbonyl (C=O) groups is 1. The van der Waals surface area contributed by atoms with E-state index in [0.29, 0.717) is 37.1 Å². The molecule has 0 saturated carbocycles. The molecule has 29 heavy (non-hydrogen) atoms. The molecule has 8 heteroatoms. The molecule has 1 aromatic heterocycles. The van der Waals surface area contributed by atoms with Crippen LogP contribution in [0.25, 0.3) is 0 Å². The van der Waals surface area contributed by atoms with Gasteiger partial charge in [-0.15, -0.1) is 0 Å². The number of aromatic amines is 1. The van der Waals surface area contributed by atoms with Crippen molar-refractivity contribution in [1.82, 2.24) is 14.8 Å². The highest BCUT2D eigenvalue weighted by molar-refractivity contribution is 5.92. The SMILES string of the molecule is O=C(c1ccc[nH]1)N1CCC[C@H](N2CCN(c3cccc(C(F)(F)F)c3)CC2)C1. The summed E-state index contributed by atoms with van der Waals surface area (Å²) in [6, 6.07) is 9.45. The summed E-state index contributed by atoms with van der Waals surface area (Å²) in [6.07, 6.45) is -0.570. The number of halogens is 3. The molecular formula is C21H25F3N4O. The van der Waals surface area contributed by atoms with Gasteiger partial charge in [-0.3, -0.25) is 9.69 Å². The minimum absolute atomic E-state index is 0.0299. The number of hydrogen-bond donors (Lipinski definition) is 1. The summed E-state index contributed by atoms with van der Waals surface area (Å²) in [7, 11) is 0. The molecule has 0 spiro atoms. The lowest BCUT2D eigenvalue weighted by Gasteiger charge is -2.44. The number of nitrogens with zero attached hydrogens (tertiary/aromatic N) is 3. The van der Waals surface area contributed by atoms with E-state index in [1.807, 2.05) is 15.9 Å². The molecule has 0 bridgehead atoms. The number of amides is 1. The summed E-state index contributed by atoms with van der Waals surface area (Å²) >= 11 is 0. The number of piperazine rings is 1. The maximum atomic E-state index is 13.0. The van der Waals surface area contributed by atoms with Crippen LogP contribution in [0.4, 0.5) is 18.9 Å². The largest absolute Gasteiger partial charge is 0.416 e. The fourth-order valence-electron chi connectivity index (χ4n) is 4.30. The van der Waals surface area contributed by atoms with E-state index < -0.39 is 11.7 Å². The maximum absolute atomic E-state index is 13.0. The first-order valence-electron chi connectivity index (χ1n) is 10.0. The Balaban J connectivity index is 1.35. The van der Waals surface area contributed by atoms with Gasteiger partial charge in [-0.1, -0.05) is 6.07 Å². The zero-order chi connectivity index (χ0) is 20.4. The zero-order valence-corrected chi connectivity index (χ0v) is 16.2. The second kappa shape index (κ2) is 8.10. The highest BCUT2D eigenvalue weighted by atomic mass is 19.4. The minimum Gasteiger partial charge on any atom is -0.369 e. The minimum atomic E-state index is -4.32. The summed E-state index contributed by atoms with van der Waals surface area (Å²) in [4.78, 5) is 21.9. The first kappa shape index (κ1) is 19.8. The van der Waals surface area contributed by atoms with Gasteiger partial charge in [0.25, 0.3) is 5.91 Å². The van der Waals surface area contributed by atoms with E-state index in [9.17, 15) is 18.0 Å². The molecule has 0 radical (unpaired) electrons. The van der Waals surface area contributed by atoms with E-state index in [-0.39, 0.29) is 5.91 Å². The molecule has 3 heterocycles. The van der Waals surface area contributed by atoms with Crippen LogP contribution in [0.3, 0.4) is 0 Å². The first-order valence-corrected chi connectivity index (χ1v) is 10.0. The number of rotatable bonds is 3. The molecule has 2 aliphatic heterocycles. The van der Waals surface area contributed by atoms with Crippen LogP contribution in [0.5, 0.6) is 0 Å². The summed E-state index contributed by atoms with van der Waals surface area (Å²) in [5, 5.41) is 0. The normalized spacial score (nSPS) is 21.4. The quantitative estimate of drug-likeness (QED) is 0.849. The lowest BCUT2D eigenvalue weighted by molar-refractivity contribution is -0.137. The molecule has 0 aliphatic carbocycles. The number of nitrogens with one attached hydrogen (secondary N) is 1. The predicted molar refractivity (Wildman–Crippen MR) is 105 cm³/mol. The molecule has 2 saturated heterocycles. The first-order chi connectivity index (χ1) is 13.9. The number of hydrogen-bond acceptors (Lipinski definition) is 3. The average molecular weight is 406 g/mol. The topological polar surface area (TPSA) is 42.6 Å². The van der Waals surface area contributed by atoms with E-state index in [0.717, 1.165) is 38.5 Å². The van der Waals surface area contributed by atoms with Crippen molar-refractivity contribution in [3.05, 3.63) is 53.9 Å². The van der Waals surface area contributed by atoms with Crippen molar-refractivity contribution in [3.63, 3.8) is 0 Å². The number of anilines is 1. The van der Waals surface area contributed by atoms with Crippen molar-refractivity contribution in [1.29, 1.82) is 0 Å². The lowest BCUT2D eigenvalue weighted by atomic mass is 10.0. The molecule has 2 aromatic rings. The number of aromatic nitrogens is 1. The Morgan fingerprint density at radius 3 is 2.52 bits per heavy atom. The molecule has 0 unspecified atom stereocenters. The van der Waals surface area contributed by atoms with Crippen LogP contribution in [0.1, 0.15) is 28.9 Å². The van der Waals surface area contributed by atoms with Gasteiger partial charge in [-0.2, -0.15) is 13.2 Å². The maximum Gasteiger partial charge on any atom is 0.416 e. The van der Waals surface area contributed by atoms with Crippen LogP contribution < -0.4 is 4.90 Å². The molecule has 2 fully saturated rings. The van der Waals surface area contributed by atoms with Crippen LogP contribution in [0.2, 0.25) is 0 Å². The summed E-state index contributed by atoms with van der Waals surface area (Å²) in [5.74, 6) is 0.0299. The van der Waals surface area contributed by atoms with Gasteiger partial charge in [0.1, 0.15) is 5.69 Å². The second-order valence-electron chi connectivity index (χ2n) is 7.70. The van der Waals surface area contributed by atoms with Crippen LogP contribution in [0.15, 0.2) is 42.6 Å². The van der Waals surface area contributed by atoms with Crippen molar-refractivity contribution in [3.8, 4) is 0 Å². The smallest absolute Gasteiger partial charge is 0.369 e. The molecule has 1 amide bonds. The molecule has 1 aromatic carbocycles. The Kier molecular flexibility index (Phi) is 5.54. The fraction of sp³-hybridized carbons (Fsp3) is 0.476. The third-order valence-corrected chi connectivity index (χ3v) is 5.88. The van der Waals surface area contributed by atoms with Gasteiger partial charge in [0.05, 0.1) is 5.56 Å². The van der Waals surface area contributed by atoms with E-state index >= 15 is 0 Å². The Morgan fingerprint density at radius 2 is 1.83 bits per heavy atom. The standard InChI is InChI=1S/C21H25F3N4O/c22-21(23,24)16-4-1-5-17(14-16)26-10-12-27(13-11-26)18-6-3-9-28(15-18)20(29)19-7-2-8-25-19/h1-2,4-5,7-8,14,18,25H,3,6,9-13,15H2/t18-/m0/s1. The highest BCUT2D eigenvalue weighted by Crippen LogP contribution is 2.32. The van der Waals surface area contributed by atoms with Crippen molar-refractivity contribution in [2.24, 2.45) is 0 Å². The van der Waals surface area contributed by atoms with Gasteiger partial charge < -0.3 is 14.8 Å². The van der Waals surface area contributed by atoms with Gasteiger partial charge >= 0.3 is 6.18 Å². The monoisotopic (exact) mass is 406 g/mol. The van der Waals surface area contributed by atoms with Crippen LogP contribution in [-0.2, 0) is 6.18 Å². The van der Waals surface area contributed by atoms with Gasteiger partial charge in [0.15, 0.2) is 0 Å². The summed E-state index contributed by atoms with van der Waals surface area (Å²) in [6.45, 7) is 4.39. The Hall–Kier alpha value is -2.48. The van der Waals surface area contributed by atoms with Crippen LogP contribution in [0, 0.1) is 0 Å². The van der Waals surface area contributed by atoms with E-state index in [4.69, 9.17) is 0 Å². The number of likely N-dealkylation sites (tertiary alicyclic amines) is 1. The summed E-state index contributed by atoms with van der Waals surface area (Å²) < 4.78 is 38.9. The molecule has 1 N–H and O–H groups in total. The third kappa shape index (κ3) is 4.42. The Bertz CT molecular complexity index is 829. The number of carbonyl (C=O) groups excluding carboxylic acids is 1. The van der Waals surface area contributed by atoms with Gasteiger partial charge in [-0.05, 0) is 43.2 Å². The molecular weight excluding hydrogens is 381 g/mol. The second-order valence-corrected chi connectivity index (χ2v) is 7.70. The fourth-order valence-corrected chi connectivity index (χ4v) is 4.30. The number of H-pyrrole nitrogens is 1. The van der Waals surface area contributed by atoms with Crippen LogP contribution >= 0.6 is 0 Å². The predicted octanol–water partition coefficient (Wildman–Crippen LogP) is 3.46. The highest BCUT2D eigenvalue weighted by Gasteiger charge is 2.33. The van der Waals surface area contributed by atoms with Gasteiger partial charge in [-0.25, -0.2) is 0 Å². The molecule has 156 valence electrons. The van der Waals surface area contributed by atoms with E-state index in [1.54, 1.807) is 18.3 Å². The number of alkyl halides is 3. The average Bonchev–Trinajstić information content (AvgIpc) is 3.28. The molecule has 5 nitrogen and oxygen atoms in total. The third-order valence-electron chi connectivity index (χ3n) is 5.88. The van der Waals surface area contributed by atoms with E-state index in [2.05, 4.69) is 9.88 Å². The van der Waals surface area contributed by atoms with Gasteiger partial charge in [0, 0.05) is 57.2 Å². The van der Waals surface area contributed by atoms with Crippen molar-refractivity contribution >= 4 is 11.6 Å². The molecule has 2 aliphatic rings. The van der Waals surface area contributed by atoms with Gasteiger partial charge in [0.2, 0.25) is 0 Å². The van der Waals surface area contributed by atoms with E-state index in [1.165, 1.54) is 12.1 Å². The Labute approximate surface area is 168 Å². The number of piperidine rings is 1. The van der Waals surface area contributed by atoms with Crippen molar-refractivity contribution < 1.29 is 18.0 Å². The lowest BCUT2D eigenvalue weighted by Crippen LogP contribution is -2.56. The Morgan fingerprint density at radius 1 is 1.03 bits per heavy atom. The van der Waals surface area contributed by atoms with Crippen molar-refractivity contribution in [2.45, 2.75) is 25.1 Å². The zero-order valence-electron chi connectivity index (χ0n) is 16.2.